The first-order valence-electron chi connectivity index (χ1n) is 14.1. The Labute approximate surface area is 258 Å². The van der Waals surface area contributed by atoms with Gasteiger partial charge in [0.25, 0.3) is 0 Å². The summed E-state index contributed by atoms with van der Waals surface area (Å²) in [7, 11) is -3.75. The summed E-state index contributed by atoms with van der Waals surface area (Å²) in [5.41, 5.74) is 2.87. The molecular formula is C34H36ClNO6S. The summed E-state index contributed by atoms with van der Waals surface area (Å²) in [6, 6.07) is 30.1. The van der Waals surface area contributed by atoms with Gasteiger partial charge in [0, 0.05) is 24.7 Å². The van der Waals surface area contributed by atoms with Crippen molar-refractivity contribution in [1.29, 1.82) is 0 Å². The van der Waals surface area contributed by atoms with Crippen molar-refractivity contribution in [1.82, 2.24) is 4.90 Å². The van der Waals surface area contributed by atoms with Crippen LogP contribution in [0.4, 0.5) is 0 Å². The number of aliphatic hydroxyl groups is 1. The topological polar surface area (TPSA) is 93.1 Å². The van der Waals surface area contributed by atoms with Crippen LogP contribution in [0.2, 0.25) is 5.02 Å². The van der Waals surface area contributed by atoms with Gasteiger partial charge in [-0.2, -0.15) is 0 Å². The zero-order chi connectivity index (χ0) is 30.8. The van der Waals surface area contributed by atoms with Crippen LogP contribution < -0.4 is 4.74 Å². The Hall–Kier alpha value is -3.69. The molecule has 0 aliphatic carbocycles. The maximum atomic E-state index is 13.3. The summed E-state index contributed by atoms with van der Waals surface area (Å²) < 4.78 is 37.0. The van der Waals surface area contributed by atoms with Crippen molar-refractivity contribution < 1.29 is 27.8 Å². The van der Waals surface area contributed by atoms with Gasteiger partial charge in [0.1, 0.15) is 5.75 Å². The SMILES string of the molecule is CCOC(=O)[C@H](C)Oc1ccc(S(=O)(=O)c2ccc(CCN(Cc3ccccc3)C[C@H](O)c3cccc(Cl)c3)cc2)cc1. The fourth-order valence-electron chi connectivity index (χ4n) is 4.61. The number of sulfone groups is 1. The summed E-state index contributed by atoms with van der Waals surface area (Å²) in [5.74, 6) is -0.116. The first kappa shape index (κ1) is 32.2. The molecule has 4 aromatic carbocycles. The average Bonchev–Trinajstić information content (AvgIpc) is 3.01. The summed E-state index contributed by atoms with van der Waals surface area (Å²) in [5, 5.41) is 11.5. The lowest BCUT2D eigenvalue weighted by atomic mass is 10.1. The Balaban J connectivity index is 1.41. The quantitative estimate of drug-likeness (QED) is 0.166. The van der Waals surface area contributed by atoms with Crippen molar-refractivity contribution in [3.8, 4) is 5.75 Å². The van der Waals surface area contributed by atoms with E-state index in [2.05, 4.69) is 17.0 Å². The predicted octanol–water partition coefficient (Wildman–Crippen LogP) is 6.28. The fourth-order valence-corrected chi connectivity index (χ4v) is 6.07. The van der Waals surface area contributed by atoms with Crippen LogP contribution in [0.5, 0.6) is 5.75 Å². The van der Waals surface area contributed by atoms with Crippen LogP contribution >= 0.6 is 11.6 Å². The largest absolute Gasteiger partial charge is 0.479 e. The lowest BCUT2D eigenvalue weighted by Gasteiger charge is -2.25. The minimum Gasteiger partial charge on any atom is -0.479 e. The normalized spacial score (nSPS) is 13.0. The lowest BCUT2D eigenvalue weighted by molar-refractivity contribution is -0.150. The van der Waals surface area contributed by atoms with Crippen LogP contribution in [-0.2, 0) is 32.3 Å². The number of aliphatic hydroxyl groups excluding tert-OH is 1. The highest BCUT2D eigenvalue weighted by Gasteiger charge is 2.20. The van der Waals surface area contributed by atoms with Crippen LogP contribution in [0.25, 0.3) is 0 Å². The Bertz CT molecular complexity index is 1580. The standard InChI is InChI=1S/C34H36ClNO6S/c1-3-41-34(38)25(2)42-30-14-18-32(19-15-30)43(39,40)31-16-12-26(13-17-31)20-21-36(23-27-8-5-4-6-9-27)24-33(37)28-10-7-11-29(35)22-28/h4-19,22,25,33,37H,3,20-21,23-24H2,1-2H3/t25-,33-/m0/s1. The maximum absolute atomic E-state index is 13.3. The van der Waals surface area contributed by atoms with Gasteiger partial charge in [-0.3, -0.25) is 4.90 Å². The molecule has 0 saturated carbocycles. The molecule has 4 rings (SSSR count). The van der Waals surface area contributed by atoms with Crippen molar-refractivity contribution >= 4 is 27.4 Å². The summed E-state index contributed by atoms with van der Waals surface area (Å²) in [6.45, 7) is 5.27. The van der Waals surface area contributed by atoms with Crippen LogP contribution in [0.15, 0.2) is 113 Å². The van der Waals surface area contributed by atoms with E-state index in [0.29, 0.717) is 36.8 Å². The number of carbonyl (C=O) groups excluding carboxylic acids is 1. The highest BCUT2D eigenvalue weighted by molar-refractivity contribution is 7.91. The second-order valence-electron chi connectivity index (χ2n) is 10.2. The molecule has 0 spiro atoms. The number of nitrogens with zero attached hydrogens (tertiary/aromatic N) is 1. The van der Waals surface area contributed by atoms with Gasteiger partial charge in [-0.1, -0.05) is 66.2 Å². The van der Waals surface area contributed by atoms with Crippen LogP contribution in [-0.4, -0.2) is 50.2 Å². The smallest absolute Gasteiger partial charge is 0.347 e. The molecule has 0 bridgehead atoms. The number of hydrogen-bond acceptors (Lipinski definition) is 7. The molecule has 4 aromatic rings. The molecule has 0 amide bonds. The second-order valence-corrected chi connectivity index (χ2v) is 12.6. The van der Waals surface area contributed by atoms with E-state index in [1.54, 1.807) is 38.1 Å². The van der Waals surface area contributed by atoms with Crippen LogP contribution in [0, 0.1) is 0 Å². The third-order valence-corrected chi connectivity index (χ3v) is 8.95. The predicted molar refractivity (Wildman–Crippen MR) is 167 cm³/mol. The number of ether oxygens (including phenoxy) is 2. The molecule has 226 valence electrons. The van der Waals surface area contributed by atoms with E-state index in [0.717, 1.165) is 16.7 Å². The summed E-state index contributed by atoms with van der Waals surface area (Å²) in [6.07, 6.45) is -0.848. The highest BCUT2D eigenvalue weighted by Crippen LogP contribution is 2.25. The summed E-state index contributed by atoms with van der Waals surface area (Å²) >= 11 is 6.14. The van der Waals surface area contributed by atoms with Gasteiger partial charge in [-0.25, -0.2) is 13.2 Å². The molecule has 2 atom stereocenters. The molecular weight excluding hydrogens is 586 g/mol. The molecule has 7 nitrogen and oxygen atoms in total. The minimum absolute atomic E-state index is 0.125. The number of rotatable bonds is 14. The zero-order valence-corrected chi connectivity index (χ0v) is 25.8. The molecule has 0 aliphatic heterocycles. The summed E-state index contributed by atoms with van der Waals surface area (Å²) in [4.78, 5) is 14.3. The Morgan fingerprint density at radius 3 is 2.16 bits per heavy atom. The van der Waals surface area contributed by atoms with Crippen molar-refractivity contribution in [3.63, 3.8) is 0 Å². The molecule has 1 N–H and O–H groups in total. The number of carbonyl (C=O) groups is 1. The van der Waals surface area contributed by atoms with Gasteiger partial charge in [-0.05, 0) is 85.5 Å². The van der Waals surface area contributed by atoms with E-state index in [-0.39, 0.29) is 16.4 Å². The van der Waals surface area contributed by atoms with Crippen molar-refractivity contribution in [3.05, 3.63) is 125 Å². The van der Waals surface area contributed by atoms with Gasteiger partial charge in [0.2, 0.25) is 9.84 Å². The third-order valence-electron chi connectivity index (χ3n) is 6.93. The number of hydrogen-bond donors (Lipinski definition) is 1. The molecule has 0 unspecified atom stereocenters. The molecule has 0 aromatic heterocycles. The fraction of sp³-hybridized carbons (Fsp3) is 0.265. The number of benzene rings is 4. The lowest BCUT2D eigenvalue weighted by Crippen LogP contribution is -2.30. The average molecular weight is 622 g/mol. The molecule has 0 aliphatic rings. The number of halogens is 1. The molecule has 0 fully saturated rings. The van der Waals surface area contributed by atoms with Gasteiger partial charge >= 0.3 is 5.97 Å². The van der Waals surface area contributed by atoms with Crippen LogP contribution in [0.1, 0.15) is 36.6 Å². The Morgan fingerprint density at radius 1 is 0.884 bits per heavy atom. The zero-order valence-electron chi connectivity index (χ0n) is 24.2. The Kier molecular flexibility index (Phi) is 11.4. The molecule has 9 heteroatoms. The molecule has 0 heterocycles. The van der Waals surface area contributed by atoms with Crippen LogP contribution in [0.3, 0.4) is 0 Å². The van der Waals surface area contributed by atoms with E-state index in [4.69, 9.17) is 21.1 Å². The van der Waals surface area contributed by atoms with Crippen molar-refractivity contribution in [2.24, 2.45) is 0 Å². The first-order chi connectivity index (χ1) is 20.7. The minimum atomic E-state index is -3.75. The van der Waals surface area contributed by atoms with E-state index >= 15 is 0 Å². The van der Waals surface area contributed by atoms with E-state index in [1.165, 1.54) is 24.3 Å². The number of esters is 1. The van der Waals surface area contributed by atoms with Gasteiger partial charge < -0.3 is 14.6 Å². The van der Waals surface area contributed by atoms with Gasteiger partial charge in [-0.15, -0.1) is 0 Å². The first-order valence-corrected chi connectivity index (χ1v) is 16.0. The second kappa shape index (κ2) is 15.2. The molecule has 0 saturated heterocycles. The maximum Gasteiger partial charge on any atom is 0.347 e. The monoisotopic (exact) mass is 621 g/mol. The van der Waals surface area contributed by atoms with E-state index in [9.17, 15) is 18.3 Å². The van der Waals surface area contributed by atoms with Gasteiger partial charge in [0.15, 0.2) is 6.10 Å². The Morgan fingerprint density at radius 2 is 1.53 bits per heavy atom. The highest BCUT2D eigenvalue weighted by atomic mass is 35.5. The molecule has 43 heavy (non-hydrogen) atoms. The van der Waals surface area contributed by atoms with Crippen molar-refractivity contribution in [2.75, 3.05) is 19.7 Å². The van der Waals surface area contributed by atoms with Crippen molar-refractivity contribution in [2.45, 2.75) is 48.8 Å². The third kappa shape index (κ3) is 9.15. The van der Waals surface area contributed by atoms with Gasteiger partial charge in [0.05, 0.1) is 22.5 Å². The van der Waals surface area contributed by atoms with E-state index in [1.807, 2.05) is 42.5 Å². The molecule has 0 radical (unpaired) electrons. The van der Waals surface area contributed by atoms with E-state index < -0.39 is 28.0 Å².